The summed E-state index contributed by atoms with van der Waals surface area (Å²) in [5, 5.41) is 15.2. The van der Waals surface area contributed by atoms with E-state index in [0.717, 1.165) is 15.6 Å². The molecule has 0 radical (unpaired) electrons. The van der Waals surface area contributed by atoms with Crippen molar-refractivity contribution in [1.29, 1.82) is 5.26 Å². The minimum atomic E-state index is -0.592. The number of nitrogens with zero attached hydrogens (tertiary/aromatic N) is 1. The summed E-state index contributed by atoms with van der Waals surface area (Å²) in [5.74, 6) is 0.198. The highest BCUT2D eigenvalue weighted by atomic mass is 79.9. The second kappa shape index (κ2) is 13.8. The molecular weight excluding hydrogens is 630 g/mol. The van der Waals surface area contributed by atoms with Crippen molar-refractivity contribution < 1.29 is 23.8 Å². The predicted molar refractivity (Wildman–Crippen MR) is 158 cm³/mol. The van der Waals surface area contributed by atoms with Crippen LogP contribution in [0.25, 0.3) is 6.08 Å². The zero-order chi connectivity index (χ0) is 28.5. The fraction of sp³-hybridized carbons (Fsp3) is 0.207. The normalized spacial score (nSPS) is 10.8. The van der Waals surface area contributed by atoms with Crippen molar-refractivity contribution in [1.82, 2.24) is 0 Å². The molecule has 3 aromatic rings. The smallest absolute Gasteiger partial charge is 0.266 e. The Kier molecular flexibility index (Phi) is 10.5. The highest BCUT2D eigenvalue weighted by molar-refractivity contribution is 9.11. The van der Waals surface area contributed by atoms with Crippen molar-refractivity contribution in [2.75, 3.05) is 31.0 Å². The zero-order valence-electron chi connectivity index (χ0n) is 21.9. The van der Waals surface area contributed by atoms with Gasteiger partial charge in [0.2, 0.25) is 0 Å². The van der Waals surface area contributed by atoms with E-state index in [2.05, 4.69) is 42.5 Å². The van der Waals surface area contributed by atoms with Crippen LogP contribution in [0, 0.1) is 25.2 Å². The third-order valence-corrected chi connectivity index (χ3v) is 6.81. The second-order valence-electron chi connectivity index (χ2n) is 8.34. The molecule has 0 aliphatic rings. The van der Waals surface area contributed by atoms with Gasteiger partial charge in [-0.3, -0.25) is 9.59 Å². The van der Waals surface area contributed by atoms with Crippen LogP contribution in [0.4, 0.5) is 11.4 Å². The van der Waals surface area contributed by atoms with E-state index in [1.54, 1.807) is 36.4 Å². The Morgan fingerprint density at radius 1 is 0.949 bits per heavy atom. The summed E-state index contributed by atoms with van der Waals surface area (Å²) in [6, 6.07) is 16.0. The number of para-hydroxylation sites is 2. The van der Waals surface area contributed by atoms with Crippen LogP contribution in [0.1, 0.15) is 23.6 Å². The van der Waals surface area contributed by atoms with E-state index in [9.17, 15) is 14.9 Å². The number of anilines is 2. The molecule has 0 bridgehead atoms. The molecule has 0 saturated heterocycles. The second-order valence-corrected chi connectivity index (χ2v) is 10.0. The molecule has 3 aromatic carbocycles. The van der Waals surface area contributed by atoms with E-state index >= 15 is 0 Å². The number of benzene rings is 3. The van der Waals surface area contributed by atoms with Crippen LogP contribution in [0.2, 0.25) is 0 Å². The molecule has 0 aliphatic carbocycles. The summed E-state index contributed by atoms with van der Waals surface area (Å²) in [7, 11) is 1.49. The molecule has 0 aliphatic heterocycles. The summed E-state index contributed by atoms with van der Waals surface area (Å²) in [5.41, 5.74) is 3.64. The predicted octanol–water partition coefficient (Wildman–Crippen LogP) is 6.80. The maximum absolute atomic E-state index is 12.8. The summed E-state index contributed by atoms with van der Waals surface area (Å²) in [4.78, 5) is 25.4. The van der Waals surface area contributed by atoms with Gasteiger partial charge in [0.05, 0.1) is 29.6 Å². The number of nitriles is 1. The Balaban J connectivity index is 1.79. The first-order valence-electron chi connectivity index (χ1n) is 11.9. The van der Waals surface area contributed by atoms with Crippen LogP contribution in [0.15, 0.2) is 63.0 Å². The lowest BCUT2D eigenvalue weighted by Gasteiger charge is -2.15. The largest absolute Gasteiger partial charge is 0.495 e. The number of rotatable bonds is 10. The van der Waals surface area contributed by atoms with Gasteiger partial charge in [-0.05, 0) is 112 Å². The Bertz CT molecular complexity index is 1460. The Labute approximate surface area is 244 Å². The molecule has 0 aromatic heterocycles. The van der Waals surface area contributed by atoms with Crippen LogP contribution in [-0.2, 0) is 9.59 Å². The lowest BCUT2D eigenvalue weighted by molar-refractivity contribution is -0.118. The molecule has 39 heavy (non-hydrogen) atoms. The van der Waals surface area contributed by atoms with E-state index < -0.39 is 5.91 Å². The molecule has 0 unspecified atom stereocenters. The van der Waals surface area contributed by atoms with Gasteiger partial charge in [0.25, 0.3) is 11.8 Å². The average Bonchev–Trinajstić information content (AvgIpc) is 2.90. The van der Waals surface area contributed by atoms with Gasteiger partial charge in [-0.1, -0.05) is 12.1 Å². The molecule has 0 saturated carbocycles. The Hall–Kier alpha value is -3.81. The molecule has 10 heteroatoms. The first-order valence-corrected chi connectivity index (χ1v) is 13.5. The lowest BCUT2D eigenvalue weighted by atomic mass is 10.1. The van der Waals surface area contributed by atoms with Gasteiger partial charge in [-0.15, -0.1) is 0 Å². The number of ether oxygens (including phenoxy) is 3. The molecular formula is C29H27Br2N3O5. The minimum Gasteiger partial charge on any atom is -0.495 e. The quantitative estimate of drug-likeness (QED) is 0.184. The van der Waals surface area contributed by atoms with Crippen LogP contribution in [0.3, 0.4) is 0 Å². The maximum atomic E-state index is 12.8. The van der Waals surface area contributed by atoms with E-state index in [-0.39, 0.29) is 18.1 Å². The molecule has 0 spiro atoms. The van der Waals surface area contributed by atoms with E-state index in [1.807, 2.05) is 39.0 Å². The van der Waals surface area contributed by atoms with Crippen molar-refractivity contribution in [2.24, 2.45) is 0 Å². The topological polar surface area (TPSA) is 110 Å². The van der Waals surface area contributed by atoms with Crippen molar-refractivity contribution in [3.8, 4) is 23.3 Å². The number of carbonyl (C=O) groups excluding carboxylic acids is 2. The number of amides is 2. The molecule has 8 nitrogen and oxygen atoms in total. The monoisotopic (exact) mass is 655 g/mol. The van der Waals surface area contributed by atoms with E-state index in [1.165, 1.54) is 13.2 Å². The van der Waals surface area contributed by atoms with Crippen LogP contribution < -0.4 is 24.8 Å². The maximum Gasteiger partial charge on any atom is 0.266 e. The van der Waals surface area contributed by atoms with Gasteiger partial charge in [-0.2, -0.15) is 5.26 Å². The van der Waals surface area contributed by atoms with E-state index in [4.69, 9.17) is 14.2 Å². The number of methoxy groups -OCH3 is 1. The highest BCUT2D eigenvalue weighted by Crippen LogP contribution is 2.38. The van der Waals surface area contributed by atoms with Crippen molar-refractivity contribution >= 4 is 61.1 Å². The van der Waals surface area contributed by atoms with Gasteiger partial charge < -0.3 is 24.8 Å². The van der Waals surface area contributed by atoms with Gasteiger partial charge in [-0.25, -0.2) is 0 Å². The van der Waals surface area contributed by atoms with Crippen LogP contribution >= 0.6 is 31.9 Å². The van der Waals surface area contributed by atoms with Crippen LogP contribution in [-0.4, -0.2) is 32.1 Å². The number of carbonyl (C=O) groups is 2. The summed E-state index contributed by atoms with van der Waals surface area (Å²) in [6.07, 6.45) is 1.44. The summed E-state index contributed by atoms with van der Waals surface area (Å²) < 4.78 is 18.1. The number of nitrogens with one attached hydrogen (secondary N) is 2. The molecule has 0 atom stereocenters. The summed E-state index contributed by atoms with van der Waals surface area (Å²) in [6.45, 7) is 5.84. The molecule has 0 fully saturated rings. The molecule has 2 N–H and O–H groups in total. The Morgan fingerprint density at radius 2 is 1.67 bits per heavy atom. The minimum absolute atomic E-state index is 0.123. The standard InChI is InChI=1S/C29H27Br2N3O5/c1-5-38-26-14-19(12-20(15-32)29(36)34-23-8-6-7-9-25(23)37-4)13-22(31)28(26)39-16-27(35)33-24-11-18(3)17(2)10-21(24)30/h6-14H,5,16H2,1-4H3,(H,33,35)(H,34,36)/b20-12-. The molecule has 202 valence electrons. The SMILES string of the molecule is CCOc1cc(/C=C(/C#N)C(=O)Nc2ccccc2OC)cc(Br)c1OCC(=O)Nc1cc(C)c(C)cc1Br. The summed E-state index contributed by atoms with van der Waals surface area (Å²) >= 11 is 6.93. The fourth-order valence-corrected chi connectivity index (χ4v) is 4.66. The first-order chi connectivity index (χ1) is 18.7. The van der Waals surface area contributed by atoms with Crippen molar-refractivity contribution in [3.63, 3.8) is 0 Å². The molecule has 2 amide bonds. The number of halogens is 2. The lowest BCUT2D eigenvalue weighted by Crippen LogP contribution is -2.21. The molecule has 3 rings (SSSR count). The van der Waals surface area contributed by atoms with Gasteiger partial charge in [0, 0.05) is 4.47 Å². The number of hydrogen-bond acceptors (Lipinski definition) is 6. The van der Waals surface area contributed by atoms with Gasteiger partial charge in [0.1, 0.15) is 17.4 Å². The molecule has 0 heterocycles. The van der Waals surface area contributed by atoms with Gasteiger partial charge in [0.15, 0.2) is 18.1 Å². The fourth-order valence-electron chi connectivity index (χ4n) is 3.53. The zero-order valence-corrected chi connectivity index (χ0v) is 25.0. The van der Waals surface area contributed by atoms with Crippen molar-refractivity contribution in [3.05, 3.63) is 79.7 Å². The average molecular weight is 657 g/mol. The third kappa shape index (κ3) is 7.85. The van der Waals surface area contributed by atoms with Crippen molar-refractivity contribution in [2.45, 2.75) is 20.8 Å². The first kappa shape index (κ1) is 29.7. The van der Waals surface area contributed by atoms with Gasteiger partial charge >= 0.3 is 0 Å². The third-order valence-electron chi connectivity index (χ3n) is 5.57. The number of hydrogen-bond donors (Lipinski definition) is 2. The Morgan fingerprint density at radius 3 is 2.36 bits per heavy atom. The van der Waals surface area contributed by atoms with E-state index in [0.29, 0.717) is 45.3 Å². The highest BCUT2D eigenvalue weighted by Gasteiger charge is 2.17. The number of aryl methyl sites for hydroxylation is 2. The van der Waals surface area contributed by atoms with Crippen LogP contribution in [0.5, 0.6) is 17.2 Å².